The summed E-state index contributed by atoms with van der Waals surface area (Å²) in [5.74, 6) is -1.49. The lowest BCUT2D eigenvalue weighted by Crippen LogP contribution is -2.38. The van der Waals surface area contributed by atoms with E-state index in [0.717, 1.165) is 25.0 Å². The molecule has 3 rings (SSSR count). The number of rotatable bonds is 19. The maximum Gasteiger partial charge on any atom is 0.508 e. The van der Waals surface area contributed by atoms with Crippen LogP contribution in [0, 0.1) is 17.8 Å². The molecule has 292 valence electrons. The van der Waals surface area contributed by atoms with Crippen LogP contribution < -0.4 is 0 Å². The lowest BCUT2D eigenvalue weighted by atomic mass is 9.84. The Bertz CT molecular complexity index is 1180. The van der Waals surface area contributed by atoms with Gasteiger partial charge in [-0.05, 0) is 108 Å². The second kappa shape index (κ2) is 23.5. The lowest BCUT2D eigenvalue weighted by molar-refractivity contribution is -0.166. The zero-order chi connectivity index (χ0) is 37.7. The minimum absolute atomic E-state index is 0.0464. The van der Waals surface area contributed by atoms with Crippen molar-refractivity contribution in [2.24, 2.45) is 17.8 Å². The Balaban J connectivity index is 1.22. The Kier molecular flexibility index (Phi) is 19.1. The van der Waals surface area contributed by atoms with Crippen molar-refractivity contribution >= 4 is 36.2 Å². The van der Waals surface area contributed by atoms with Crippen LogP contribution in [0.5, 0.6) is 0 Å². The standard InChI is InChI=1S/C38H56O14/c1-4-33(39)45-20-6-8-22-47-37(43)50-29-14-10-27(11-15-29)25-35(41)52-32-19-18-31(24-26(32)3)49-36(42)28-12-16-30(17-13-28)51-38(44)48-23-9-7-21-46-34(40)5-2/h4-5,26-32H,1-2,6-25H2,3H3. The van der Waals surface area contributed by atoms with Crippen LogP contribution in [0.2, 0.25) is 0 Å². The van der Waals surface area contributed by atoms with Gasteiger partial charge in [-0.3, -0.25) is 9.59 Å². The van der Waals surface area contributed by atoms with Gasteiger partial charge in [0.05, 0.1) is 32.3 Å². The quantitative estimate of drug-likeness (QED) is 0.0611. The average molecular weight is 737 g/mol. The normalized spacial score (nSPS) is 25.7. The molecule has 0 N–H and O–H groups in total. The van der Waals surface area contributed by atoms with Gasteiger partial charge in [-0.1, -0.05) is 20.1 Å². The summed E-state index contributed by atoms with van der Waals surface area (Å²) < 4.78 is 42.5. The highest BCUT2D eigenvalue weighted by Crippen LogP contribution is 2.34. The van der Waals surface area contributed by atoms with Crippen LogP contribution in [0.15, 0.2) is 25.3 Å². The van der Waals surface area contributed by atoms with Crippen LogP contribution in [-0.4, -0.2) is 87.0 Å². The minimum Gasteiger partial charge on any atom is -0.463 e. The summed E-state index contributed by atoms with van der Waals surface area (Å²) in [6, 6.07) is 0. The van der Waals surface area contributed by atoms with E-state index in [2.05, 4.69) is 13.2 Å². The highest BCUT2D eigenvalue weighted by Gasteiger charge is 2.36. The molecular formula is C38H56O14. The van der Waals surface area contributed by atoms with E-state index in [1.54, 1.807) is 0 Å². The Hall–Kier alpha value is -4.10. The van der Waals surface area contributed by atoms with Gasteiger partial charge in [0.15, 0.2) is 0 Å². The van der Waals surface area contributed by atoms with Gasteiger partial charge in [0.1, 0.15) is 24.4 Å². The number of hydrogen-bond donors (Lipinski definition) is 0. The summed E-state index contributed by atoms with van der Waals surface area (Å²) in [5.41, 5.74) is 0. The third-order valence-electron chi connectivity index (χ3n) is 9.73. The summed E-state index contributed by atoms with van der Waals surface area (Å²) in [6.07, 6.45) is 9.09. The van der Waals surface area contributed by atoms with Gasteiger partial charge in [0.2, 0.25) is 0 Å². The predicted octanol–water partition coefficient (Wildman–Crippen LogP) is 6.46. The topological polar surface area (TPSA) is 176 Å². The maximum atomic E-state index is 12.9. The van der Waals surface area contributed by atoms with Crippen LogP contribution in [-0.2, 0) is 57.1 Å². The van der Waals surface area contributed by atoms with Crippen LogP contribution in [0.1, 0.15) is 110 Å². The minimum atomic E-state index is -0.742. The number of hydrogen-bond acceptors (Lipinski definition) is 14. The fraction of sp³-hybridized carbons (Fsp3) is 0.737. The first-order valence-electron chi connectivity index (χ1n) is 18.7. The van der Waals surface area contributed by atoms with E-state index in [1.807, 2.05) is 6.92 Å². The smallest absolute Gasteiger partial charge is 0.463 e. The molecule has 3 atom stereocenters. The van der Waals surface area contributed by atoms with Crippen molar-refractivity contribution in [1.29, 1.82) is 0 Å². The second-order valence-corrected chi connectivity index (χ2v) is 13.8. The molecule has 3 aliphatic carbocycles. The van der Waals surface area contributed by atoms with Crippen LogP contribution in [0.25, 0.3) is 0 Å². The number of carbonyl (C=O) groups is 6. The average Bonchev–Trinajstić information content (AvgIpc) is 3.13. The van der Waals surface area contributed by atoms with E-state index in [1.165, 1.54) is 0 Å². The SMILES string of the molecule is C=CC(=O)OCCCCOC(=O)OC1CCC(CC(=O)OC2CCC(OC(=O)C3CCC(OC(=O)OCCCCOC(=O)C=C)CC3)CC2C)CC1. The molecule has 0 spiro atoms. The van der Waals surface area contributed by atoms with E-state index in [-0.39, 0.29) is 80.5 Å². The Morgan fingerprint density at radius 1 is 0.558 bits per heavy atom. The molecule has 3 aliphatic rings. The van der Waals surface area contributed by atoms with E-state index < -0.39 is 24.2 Å². The van der Waals surface area contributed by atoms with Gasteiger partial charge in [0, 0.05) is 18.6 Å². The largest absolute Gasteiger partial charge is 0.508 e. The van der Waals surface area contributed by atoms with Crippen molar-refractivity contribution in [3.8, 4) is 0 Å². The van der Waals surface area contributed by atoms with Gasteiger partial charge in [-0.15, -0.1) is 0 Å². The van der Waals surface area contributed by atoms with Crippen molar-refractivity contribution in [3.63, 3.8) is 0 Å². The van der Waals surface area contributed by atoms with E-state index in [9.17, 15) is 28.8 Å². The van der Waals surface area contributed by atoms with Crippen molar-refractivity contribution in [1.82, 2.24) is 0 Å². The van der Waals surface area contributed by atoms with E-state index in [0.29, 0.717) is 89.9 Å². The molecule has 0 bridgehead atoms. The molecule has 0 radical (unpaired) electrons. The third kappa shape index (κ3) is 16.5. The first kappa shape index (κ1) is 42.3. The first-order valence-corrected chi connectivity index (χ1v) is 18.7. The zero-order valence-electron chi connectivity index (χ0n) is 30.5. The van der Waals surface area contributed by atoms with Crippen LogP contribution >= 0.6 is 0 Å². The molecule has 0 aromatic rings. The van der Waals surface area contributed by atoms with E-state index >= 15 is 0 Å². The van der Waals surface area contributed by atoms with Gasteiger partial charge < -0.3 is 37.9 Å². The third-order valence-corrected chi connectivity index (χ3v) is 9.73. The summed E-state index contributed by atoms with van der Waals surface area (Å²) in [6.45, 7) is 9.45. The summed E-state index contributed by atoms with van der Waals surface area (Å²) in [7, 11) is 0. The highest BCUT2D eigenvalue weighted by molar-refractivity contribution is 5.81. The zero-order valence-corrected chi connectivity index (χ0v) is 30.5. The van der Waals surface area contributed by atoms with E-state index in [4.69, 9.17) is 37.9 Å². The molecule has 3 fully saturated rings. The van der Waals surface area contributed by atoms with Crippen molar-refractivity contribution < 1.29 is 66.7 Å². The fourth-order valence-corrected chi connectivity index (χ4v) is 6.71. The Morgan fingerprint density at radius 3 is 1.50 bits per heavy atom. The second-order valence-electron chi connectivity index (χ2n) is 13.8. The Morgan fingerprint density at radius 2 is 1.02 bits per heavy atom. The molecule has 0 aliphatic heterocycles. The van der Waals surface area contributed by atoms with Gasteiger partial charge >= 0.3 is 36.2 Å². The molecule has 0 amide bonds. The van der Waals surface area contributed by atoms with Gasteiger partial charge in [0.25, 0.3) is 0 Å². The predicted molar refractivity (Wildman–Crippen MR) is 185 cm³/mol. The monoisotopic (exact) mass is 736 g/mol. The molecule has 0 aromatic carbocycles. The molecule has 0 saturated heterocycles. The van der Waals surface area contributed by atoms with Gasteiger partial charge in [-0.2, -0.15) is 0 Å². The van der Waals surface area contributed by atoms with Crippen molar-refractivity contribution in [2.75, 3.05) is 26.4 Å². The number of carbonyl (C=O) groups excluding carboxylic acids is 6. The maximum absolute atomic E-state index is 12.9. The molecule has 14 nitrogen and oxygen atoms in total. The molecule has 14 heteroatoms. The lowest BCUT2D eigenvalue weighted by Gasteiger charge is -2.35. The summed E-state index contributed by atoms with van der Waals surface area (Å²) >= 11 is 0. The highest BCUT2D eigenvalue weighted by atomic mass is 16.7. The van der Waals surface area contributed by atoms with Crippen molar-refractivity contribution in [3.05, 3.63) is 25.3 Å². The Labute approximate surface area is 306 Å². The van der Waals surface area contributed by atoms with Crippen LogP contribution in [0.4, 0.5) is 9.59 Å². The number of esters is 4. The molecule has 3 saturated carbocycles. The van der Waals surface area contributed by atoms with Crippen molar-refractivity contribution in [2.45, 2.75) is 134 Å². The molecule has 0 heterocycles. The number of unbranched alkanes of at least 4 members (excludes halogenated alkanes) is 2. The summed E-state index contributed by atoms with van der Waals surface area (Å²) in [5, 5.41) is 0. The fourth-order valence-electron chi connectivity index (χ4n) is 6.71. The molecule has 3 unspecified atom stereocenters. The van der Waals surface area contributed by atoms with Crippen LogP contribution in [0.3, 0.4) is 0 Å². The first-order chi connectivity index (χ1) is 25.1. The molecule has 52 heavy (non-hydrogen) atoms. The molecule has 0 aromatic heterocycles. The van der Waals surface area contributed by atoms with Gasteiger partial charge in [-0.25, -0.2) is 19.2 Å². The summed E-state index contributed by atoms with van der Waals surface area (Å²) in [4.78, 5) is 71.8. The molecular weight excluding hydrogens is 680 g/mol. The number of ether oxygens (including phenoxy) is 8.